The van der Waals surface area contributed by atoms with Gasteiger partial charge in [-0.15, -0.1) is 0 Å². The Hall–Kier alpha value is -2.08. The molecule has 0 aliphatic heterocycles. The molecular weight excluding hydrogens is 260 g/mol. The maximum Gasteiger partial charge on any atom is 0.337 e. The van der Waals surface area contributed by atoms with Crippen molar-refractivity contribution in [3.05, 3.63) is 35.4 Å². The highest BCUT2D eigenvalue weighted by Gasteiger charge is 2.05. The Kier molecular flexibility index (Phi) is 7.13. The van der Waals surface area contributed by atoms with Crippen LogP contribution < -0.4 is 10.6 Å². The highest BCUT2D eigenvalue weighted by molar-refractivity contribution is 5.89. The second-order valence-corrected chi connectivity index (χ2v) is 4.14. The highest BCUT2D eigenvalue weighted by atomic mass is 16.5. The minimum Gasteiger partial charge on any atom is -0.465 e. The summed E-state index contributed by atoms with van der Waals surface area (Å²) in [5.74, 6) is -0.375. The van der Waals surface area contributed by atoms with Crippen LogP contribution in [0.5, 0.6) is 0 Å². The molecule has 6 heteroatoms. The van der Waals surface area contributed by atoms with Crippen molar-refractivity contribution in [2.75, 3.05) is 27.4 Å². The van der Waals surface area contributed by atoms with E-state index in [2.05, 4.69) is 15.4 Å². The maximum atomic E-state index is 11.5. The number of esters is 1. The molecule has 2 N–H and O–H groups in total. The summed E-state index contributed by atoms with van der Waals surface area (Å²) in [6.07, 6.45) is 0.776. The molecule has 0 bridgehead atoms. The van der Waals surface area contributed by atoms with E-state index in [-0.39, 0.29) is 12.0 Å². The second kappa shape index (κ2) is 8.92. The van der Waals surface area contributed by atoms with Crippen LogP contribution in [0.2, 0.25) is 0 Å². The Bertz CT molecular complexity index is 431. The fourth-order valence-electron chi connectivity index (χ4n) is 1.54. The summed E-state index contributed by atoms with van der Waals surface area (Å²) >= 11 is 0. The van der Waals surface area contributed by atoms with Crippen LogP contribution >= 0.6 is 0 Å². The molecule has 0 fully saturated rings. The van der Waals surface area contributed by atoms with Crippen molar-refractivity contribution in [1.29, 1.82) is 0 Å². The number of carbonyl (C=O) groups excluding carboxylic acids is 2. The number of benzene rings is 1. The number of nitrogens with one attached hydrogen (secondary N) is 2. The fraction of sp³-hybridized carbons (Fsp3) is 0.429. The zero-order chi connectivity index (χ0) is 14.8. The Morgan fingerprint density at radius 3 is 2.40 bits per heavy atom. The lowest BCUT2D eigenvalue weighted by Crippen LogP contribution is -2.35. The molecule has 0 unspecified atom stereocenters. The highest BCUT2D eigenvalue weighted by Crippen LogP contribution is 2.05. The van der Waals surface area contributed by atoms with E-state index >= 15 is 0 Å². The lowest BCUT2D eigenvalue weighted by Gasteiger charge is -2.08. The predicted octanol–water partition coefficient (Wildman–Crippen LogP) is 1.31. The Balaban J connectivity index is 2.31. The summed E-state index contributed by atoms with van der Waals surface area (Å²) in [4.78, 5) is 22.7. The molecule has 6 nitrogen and oxygen atoms in total. The summed E-state index contributed by atoms with van der Waals surface area (Å²) in [6, 6.07) is 6.66. The average Bonchev–Trinajstić information content (AvgIpc) is 2.49. The lowest BCUT2D eigenvalue weighted by atomic mass is 10.1. The van der Waals surface area contributed by atoms with Crippen molar-refractivity contribution in [3.8, 4) is 0 Å². The topological polar surface area (TPSA) is 76.7 Å². The van der Waals surface area contributed by atoms with E-state index < -0.39 is 0 Å². The number of amides is 2. The van der Waals surface area contributed by atoms with Crippen LogP contribution in [-0.4, -0.2) is 39.4 Å². The number of hydrogen-bond donors (Lipinski definition) is 2. The molecule has 0 spiro atoms. The molecule has 0 aromatic heterocycles. The Morgan fingerprint density at radius 2 is 1.80 bits per heavy atom. The van der Waals surface area contributed by atoms with E-state index in [0.717, 1.165) is 12.0 Å². The number of carbonyl (C=O) groups is 2. The maximum absolute atomic E-state index is 11.5. The largest absolute Gasteiger partial charge is 0.465 e. The molecular formula is C14H20N2O4. The molecule has 1 aromatic rings. The van der Waals surface area contributed by atoms with Crippen LogP contribution in [0.3, 0.4) is 0 Å². The first-order chi connectivity index (χ1) is 9.67. The third kappa shape index (κ3) is 5.71. The molecule has 110 valence electrons. The first kappa shape index (κ1) is 16.0. The van der Waals surface area contributed by atoms with Crippen LogP contribution in [0.15, 0.2) is 24.3 Å². The van der Waals surface area contributed by atoms with Crippen molar-refractivity contribution in [2.45, 2.75) is 13.0 Å². The van der Waals surface area contributed by atoms with Crippen LogP contribution in [0, 0.1) is 0 Å². The molecule has 0 aliphatic rings. The van der Waals surface area contributed by atoms with Gasteiger partial charge in [-0.05, 0) is 24.1 Å². The van der Waals surface area contributed by atoms with Gasteiger partial charge in [-0.2, -0.15) is 0 Å². The third-order valence-corrected chi connectivity index (χ3v) is 2.64. The van der Waals surface area contributed by atoms with Crippen LogP contribution in [0.1, 0.15) is 22.3 Å². The number of methoxy groups -OCH3 is 2. The van der Waals surface area contributed by atoms with E-state index in [1.165, 1.54) is 7.11 Å². The van der Waals surface area contributed by atoms with Gasteiger partial charge >= 0.3 is 12.0 Å². The minimum absolute atomic E-state index is 0.224. The first-order valence-electron chi connectivity index (χ1n) is 6.35. The number of urea groups is 1. The summed E-state index contributed by atoms with van der Waals surface area (Å²) in [6.45, 7) is 1.59. The van der Waals surface area contributed by atoms with Crippen molar-refractivity contribution >= 4 is 12.0 Å². The molecule has 0 atom stereocenters. The van der Waals surface area contributed by atoms with Gasteiger partial charge in [-0.3, -0.25) is 0 Å². The average molecular weight is 280 g/mol. The van der Waals surface area contributed by atoms with Crippen molar-refractivity contribution in [3.63, 3.8) is 0 Å². The van der Waals surface area contributed by atoms with Crippen LogP contribution in [0.25, 0.3) is 0 Å². The minimum atomic E-state index is -0.375. The van der Waals surface area contributed by atoms with Gasteiger partial charge < -0.3 is 20.1 Å². The van der Waals surface area contributed by atoms with Gasteiger partial charge in [0.1, 0.15) is 0 Å². The molecule has 0 saturated heterocycles. The Labute approximate surface area is 118 Å². The normalized spacial score (nSPS) is 9.90. The van der Waals surface area contributed by atoms with E-state index in [1.807, 2.05) is 0 Å². The molecule has 1 rings (SSSR count). The van der Waals surface area contributed by atoms with Crippen LogP contribution in [0.4, 0.5) is 4.79 Å². The molecule has 1 aromatic carbocycles. The zero-order valence-electron chi connectivity index (χ0n) is 11.8. The van der Waals surface area contributed by atoms with Gasteiger partial charge in [0, 0.05) is 26.8 Å². The number of ether oxygens (including phenoxy) is 2. The molecule has 0 saturated carbocycles. The smallest absolute Gasteiger partial charge is 0.337 e. The molecule has 2 amide bonds. The van der Waals surface area contributed by atoms with Gasteiger partial charge in [0.25, 0.3) is 0 Å². The Morgan fingerprint density at radius 1 is 1.10 bits per heavy atom. The number of rotatable bonds is 7. The summed E-state index contributed by atoms with van der Waals surface area (Å²) in [7, 11) is 2.96. The standard InChI is InChI=1S/C14H20N2O4/c1-19-9-3-8-15-14(18)16-10-11-4-6-12(7-5-11)13(17)20-2/h4-7H,3,8-10H2,1-2H3,(H2,15,16,18). The van der Waals surface area contributed by atoms with Gasteiger partial charge in [0.15, 0.2) is 0 Å². The van der Waals surface area contributed by atoms with E-state index in [4.69, 9.17) is 4.74 Å². The van der Waals surface area contributed by atoms with Gasteiger partial charge in [-0.25, -0.2) is 9.59 Å². The summed E-state index contributed by atoms with van der Waals surface area (Å²) < 4.78 is 9.49. The second-order valence-electron chi connectivity index (χ2n) is 4.14. The van der Waals surface area contributed by atoms with Crippen molar-refractivity contribution < 1.29 is 19.1 Å². The lowest BCUT2D eigenvalue weighted by molar-refractivity contribution is 0.0600. The number of hydrogen-bond acceptors (Lipinski definition) is 4. The van der Waals surface area contributed by atoms with Crippen molar-refractivity contribution in [1.82, 2.24) is 10.6 Å². The van der Waals surface area contributed by atoms with E-state index in [0.29, 0.717) is 25.3 Å². The van der Waals surface area contributed by atoms with E-state index in [9.17, 15) is 9.59 Å². The van der Waals surface area contributed by atoms with Gasteiger partial charge in [0.05, 0.1) is 12.7 Å². The molecule has 0 radical (unpaired) electrons. The molecule has 0 aliphatic carbocycles. The monoisotopic (exact) mass is 280 g/mol. The quantitative estimate of drug-likeness (QED) is 0.583. The first-order valence-corrected chi connectivity index (χ1v) is 6.35. The van der Waals surface area contributed by atoms with Gasteiger partial charge in [-0.1, -0.05) is 12.1 Å². The van der Waals surface area contributed by atoms with Crippen molar-refractivity contribution in [2.24, 2.45) is 0 Å². The summed E-state index contributed by atoms with van der Waals surface area (Å²) in [5.41, 5.74) is 1.39. The molecule has 20 heavy (non-hydrogen) atoms. The SMILES string of the molecule is COCCCNC(=O)NCc1ccc(C(=O)OC)cc1. The third-order valence-electron chi connectivity index (χ3n) is 2.64. The zero-order valence-corrected chi connectivity index (χ0v) is 11.8. The summed E-state index contributed by atoms with van der Waals surface area (Å²) in [5, 5.41) is 5.45. The van der Waals surface area contributed by atoms with E-state index in [1.54, 1.807) is 31.4 Å². The van der Waals surface area contributed by atoms with Crippen LogP contribution in [-0.2, 0) is 16.0 Å². The molecule has 0 heterocycles. The fourth-order valence-corrected chi connectivity index (χ4v) is 1.54. The van der Waals surface area contributed by atoms with Gasteiger partial charge in [0.2, 0.25) is 0 Å². The predicted molar refractivity (Wildman–Crippen MR) is 74.5 cm³/mol.